The lowest BCUT2D eigenvalue weighted by Gasteiger charge is -2.31. The molecule has 2 rings (SSSR count). The van der Waals surface area contributed by atoms with E-state index in [0.717, 1.165) is 24.3 Å². The Hall–Kier alpha value is -1.02. The van der Waals surface area contributed by atoms with Gasteiger partial charge in [-0.25, -0.2) is 0 Å². The molecule has 1 aromatic heterocycles. The van der Waals surface area contributed by atoms with Crippen LogP contribution >= 0.6 is 11.5 Å². The minimum absolute atomic E-state index is 0.325. The average Bonchev–Trinajstić information content (AvgIpc) is 2.39. The van der Waals surface area contributed by atoms with Crippen LogP contribution in [0.1, 0.15) is 24.3 Å². The van der Waals surface area contributed by atoms with E-state index in [-0.39, 0.29) is 5.41 Å². The topological polar surface area (TPSA) is 62.5 Å². The van der Waals surface area contributed by atoms with Crippen LogP contribution in [-0.2, 0) is 5.41 Å². The second kappa shape index (κ2) is 2.24. The van der Waals surface area contributed by atoms with Gasteiger partial charge in [0.25, 0.3) is 0 Å². The lowest BCUT2D eigenvalue weighted by atomic mass is 9.70. The third-order valence-corrected chi connectivity index (χ3v) is 2.93. The van der Waals surface area contributed by atoms with Gasteiger partial charge in [0.15, 0.2) is 5.01 Å². The molecule has 0 aliphatic heterocycles. The van der Waals surface area contributed by atoms with E-state index in [0.29, 0.717) is 0 Å². The SMILES string of the molecule is N#CC1(c2nnns2)CCC1. The first-order valence-corrected chi connectivity index (χ1v) is 4.21. The maximum absolute atomic E-state index is 8.87. The molecule has 1 aliphatic carbocycles. The minimum Gasteiger partial charge on any atom is -0.197 e. The van der Waals surface area contributed by atoms with E-state index in [1.165, 1.54) is 11.5 Å². The van der Waals surface area contributed by atoms with Gasteiger partial charge in [-0.3, -0.25) is 0 Å². The highest BCUT2D eigenvalue weighted by Gasteiger charge is 2.42. The van der Waals surface area contributed by atoms with E-state index in [9.17, 15) is 0 Å². The van der Waals surface area contributed by atoms with Crippen LogP contribution < -0.4 is 0 Å². The molecule has 0 radical (unpaired) electrons. The lowest BCUT2D eigenvalue weighted by molar-refractivity contribution is 0.321. The maximum Gasteiger partial charge on any atom is 0.158 e. The zero-order valence-electron chi connectivity index (χ0n) is 5.82. The van der Waals surface area contributed by atoms with E-state index in [1.54, 1.807) is 0 Å². The second-order valence-electron chi connectivity index (χ2n) is 2.71. The predicted octanol–water partition coefficient (Wildman–Crippen LogP) is 0.878. The van der Waals surface area contributed by atoms with Crippen molar-refractivity contribution in [2.24, 2.45) is 0 Å². The number of nitriles is 1. The van der Waals surface area contributed by atoms with Crippen LogP contribution in [0.3, 0.4) is 0 Å². The highest BCUT2D eigenvalue weighted by Crippen LogP contribution is 2.42. The largest absolute Gasteiger partial charge is 0.197 e. The van der Waals surface area contributed by atoms with Gasteiger partial charge in [-0.1, -0.05) is 4.49 Å². The number of rotatable bonds is 1. The standard InChI is InChI=1S/C6H6N4S/c7-4-6(2-1-3-6)5-8-9-10-11-5/h1-3H2. The summed E-state index contributed by atoms with van der Waals surface area (Å²) in [6.07, 6.45) is 2.95. The molecule has 1 aliphatic rings. The smallest absolute Gasteiger partial charge is 0.158 e. The molecule has 1 saturated carbocycles. The van der Waals surface area contributed by atoms with E-state index in [4.69, 9.17) is 5.26 Å². The fourth-order valence-corrected chi connectivity index (χ4v) is 1.87. The zero-order chi connectivity index (χ0) is 7.73. The Morgan fingerprint density at radius 2 is 2.36 bits per heavy atom. The third-order valence-electron chi connectivity index (χ3n) is 2.13. The predicted molar refractivity (Wildman–Crippen MR) is 38.8 cm³/mol. The molecule has 0 amide bonds. The maximum atomic E-state index is 8.87. The van der Waals surface area contributed by atoms with Crippen molar-refractivity contribution in [2.75, 3.05) is 0 Å². The van der Waals surface area contributed by atoms with Crippen LogP contribution in [0, 0.1) is 11.3 Å². The molecule has 1 aromatic rings. The van der Waals surface area contributed by atoms with Crippen molar-refractivity contribution < 1.29 is 0 Å². The highest BCUT2D eigenvalue weighted by molar-refractivity contribution is 7.05. The quantitative estimate of drug-likeness (QED) is 0.621. The van der Waals surface area contributed by atoms with Gasteiger partial charge >= 0.3 is 0 Å². The Kier molecular flexibility index (Phi) is 1.36. The number of hydrogen-bond acceptors (Lipinski definition) is 5. The van der Waals surface area contributed by atoms with Crippen LogP contribution in [0.2, 0.25) is 0 Å². The van der Waals surface area contributed by atoms with Crippen molar-refractivity contribution in [1.82, 2.24) is 14.8 Å². The summed E-state index contributed by atoms with van der Waals surface area (Å²) in [7, 11) is 0. The van der Waals surface area contributed by atoms with Crippen molar-refractivity contribution in [1.29, 1.82) is 5.26 Å². The Bertz CT molecular complexity index is 282. The molecular formula is C6H6N4S. The molecule has 4 nitrogen and oxygen atoms in total. The third kappa shape index (κ3) is 0.828. The van der Waals surface area contributed by atoms with E-state index in [1.807, 2.05) is 0 Å². The van der Waals surface area contributed by atoms with E-state index < -0.39 is 0 Å². The molecule has 5 heteroatoms. The number of nitrogens with zero attached hydrogens (tertiary/aromatic N) is 4. The van der Waals surface area contributed by atoms with Crippen molar-refractivity contribution >= 4 is 11.5 Å². The summed E-state index contributed by atoms with van der Waals surface area (Å²) >= 11 is 1.24. The fourth-order valence-electron chi connectivity index (χ4n) is 1.22. The number of hydrogen-bond donors (Lipinski definition) is 0. The normalized spacial score (nSPS) is 20.3. The van der Waals surface area contributed by atoms with Gasteiger partial charge in [0, 0.05) is 11.5 Å². The van der Waals surface area contributed by atoms with Gasteiger partial charge in [-0.05, 0) is 24.5 Å². The van der Waals surface area contributed by atoms with Crippen LogP contribution in [0.5, 0.6) is 0 Å². The van der Waals surface area contributed by atoms with Gasteiger partial charge in [0.2, 0.25) is 0 Å². The van der Waals surface area contributed by atoms with Gasteiger partial charge in [-0.15, -0.1) is 5.10 Å². The zero-order valence-corrected chi connectivity index (χ0v) is 6.63. The summed E-state index contributed by atoms with van der Waals surface area (Å²) in [6, 6.07) is 2.29. The molecule has 56 valence electrons. The van der Waals surface area contributed by atoms with Crippen LogP contribution in [0.4, 0.5) is 0 Å². The molecule has 11 heavy (non-hydrogen) atoms. The van der Waals surface area contributed by atoms with E-state index >= 15 is 0 Å². The summed E-state index contributed by atoms with van der Waals surface area (Å²) in [6.45, 7) is 0. The Labute approximate surface area is 68.0 Å². The molecule has 0 spiro atoms. The molecule has 0 aromatic carbocycles. The van der Waals surface area contributed by atoms with Crippen LogP contribution in [-0.4, -0.2) is 14.8 Å². The van der Waals surface area contributed by atoms with Crippen molar-refractivity contribution in [3.05, 3.63) is 5.01 Å². The fraction of sp³-hybridized carbons (Fsp3) is 0.667. The van der Waals surface area contributed by atoms with Gasteiger partial charge in [-0.2, -0.15) is 5.26 Å². The summed E-state index contributed by atoms with van der Waals surface area (Å²) in [4.78, 5) is 0. The molecule has 0 bridgehead atoms. The molecule has 0 N–H and O–H groups in total. The van der Waals surface area contributed by atoms with Gasteiger partial charge in [0.1, 0.15) is 5.41 Å². The molecular weight excluding hydrogens is 160 g/mol. The summed E-state index contributed by atoms with van der Waals surface area (Å²) in [5, 5.41) is 17.0. The Balaban J connectivity index is 2.34. The number of aromatic nitrogens is 3. The van der Waals surface area contributed by atoms with Gasteiger partial charge < -0.3 is 0 Å². The highest BCUT2D eigenvalue weighted by atomic mass is 32.1. The first-order valence-electron chi connectivity index (χ1n) is 3.44. The Morgan fingerprint density at radius 3 is 2.73 bits per heavy atom. The Morgan fingerprint density at radius 1 is 1.55 bits per heavy atom. The summed E-state index contributed by atoms with van der Waals surface area (Å²) in [5.74, 6) is 0. The minimum atomic E-state index is -0.325. The average molecular weight is 166 g/mol. The molecule has 0 saturated heterocycles. The lowest BCUT2D eigenvalue weighted by Crippen LogP contribution is -2.32. The molecule has 1 heterocycles. The summed E-state index contributed by atoms with van der Waals surface area (Å²) in [5.41, 5.74) is -0.325. The van der Waals surface area contributed by atoms with Crippen molar-refractivity contribution in [3.63, 3.8) is 0 Å². The van der Waals surface area contributed by atoms with Crippen molar-refractivity contribution in [2.45, 2.75) is 24.7 Å². The first kappa shape index (κ1) is 6.68. The van der Waals surface area contributed by atoms with Crippen LogP contribution in [0.15, 0.2) is 0 Å². The first-order chi connectivity index (χ1) is 5.37. The monoisotopic (exact) mass is 166 g/mol. The summed E-state index contributed by atoms with van der Waals surface area (Å²) < 4.78 is 3.65. The van der Waals surface area contributed by atoms with Crippen molar-refractivity contribution in [3.8, 4) is 6.07 Å². The van der Waals surface area contributed by atoms with Crippen LogP contribution in [0.25, 0.3) is 0 Å². The second-order valence-corrected chi connectivity index (χ2v) is 3.45. The molecule has 1 fully saturated rings. The molecule has 0 atom stereocenters. The molecule has 0 unspecified atom stereocenters. The van der Waals surface area contributed by atoms with E-state index in [2.05, 4.69) is 20.9 Å². The van der Waals surface area contributed by atoms with Gasteiger partial charge in [0.05, 0.1) is 6.07 Å².